The molecule has 2 aromatic heterocycles. The first-order valence-electron chi connectivity index (χ1n) is 6.19. The number of rotatable bonds is 5. The maximum atomic E-state index is 5.03. The van der Waals surface area contributed by atoms with Crippen molar-refractivity contribution in [3.8, 4) is 0 Å². The Morgan fingerprint density at radius 1 is 1.35 bits per heavy atom. The molecule has 3 aromatic rings. The minimum absolute atomic E-state index is 0.574. The molecule has 0 aliphatic carbocycles. The topological polar surface area (TPSA) is 66.7 Å². The van der Waals surface area contributed by atoms with Gasteiger partial charge >= 0.3 is 0 Å². The van der Waals surface area contributed by atoms with Crippen molar-refractivity contribution in [2.75, 3.05) is 5.32 Å². The van der Waals surface area contributed by atoms with Gasteiger partial charge in [-0.25, -0.2) is 0 Å². The quantitative estimate of drug-likeness (QED) is 0.699. The fraction of sp³-hybridized carbons (Fsp3) is 0.143. The summed E-state index contributed by atoms with van der Waals surface area (Å²) in [5.41, 5.74) is 3.30. The van der Waals surface area contributed by atoms with E-state index in [4.69, 9.17) is 4.42 Å². The van der Waals surface area contributed by atoms with Crippen LogP contribution in [0, 0.1) is 6.92 Å². The fourth-order valence-corrected chi connectivity index (χ4v) is 2.47. The second-order valence-electron chi connectivity index (χ2n) is 4.38. The molecule has 0 saturated heterocycles. The van der Waals surface area contributed by atoms with Gasteiger partial charge in [-0.1, -0.05) is 23.9 Å². The Balaban J connectivity index is 1.62. The standard InChI is InChI=1S/C14H14N4OS/c1-10-3-2-4-12(7-10)15-13-16-14(18-17-13)20-9-11-5-6-19-8-11/h2-8H,9H2,1H3,(H2,15,16,17,18). The first kappa shape index (κ1) is 12.8. The van der Waals surface area contributed by atoms with E-state index in [0.29, 0.717) is 5.95 Å². The fourth-order valence-electron chi connectivity index (χ4n) is 1.75. The van der Waals surface area contributed by atoms with E-state index in [-0.39, 0.29) is 0 Å². The van der Waals surface area contributed by atoms with Crippen LogP contribution < -0.4 is 5.32 Å². The van der Waals surface area contributed by atoms with E-state index >= 15 is 0 Å². The highest BCUT2D eigenvalue weighted by molar-refractivity contribution is 7.98. The molecule has 0 aliphatic rings. The molecular formula is C14H14N4OS. The smallest absolute Gasteiger partial charge is 0.247 e. The Morgan fingerprint density at radius 2 is 2.30 bits per heavy atom. The summed E-state index contributed by atoms with van der Waals surface area (Å²) in [6, 6.07) is 10.0. The van der Waals surface area contributed by atoms with Crippen molar-refractivity contribution < 1.29 is 4.42 Å². The van der Waals surface area contributed by atoms with Crippen LogP contribution in [-0.2, 0) is 5.75 Å². The van der Waals surface area contributed by atoms with Crippen LogP contribution in [0.1, 0.15) is 11.1 Å². The largest absolute Gasteiger partial charge is 0.472 e. The number of aryl methyl sites for hydroxylation is 1. The zero-order valence-electron chi connectivity index (χ0n) is 11.0. The Labute approximate surface area is 120 Å². The van der Waals surface area contributed by atoms with Crippen LogP contribution >= 0.6 is 11.8 Å². The van der Waals surface area contributed by atoms with E-state index in [1.165, 1.54) is 5.56 Å². The predicted octanol–water partition coefficient (Wildman–Crippen LogP) is 3.74. The van der Waals surface area contributed by atoms with Gasteiger partial charge in [-0.05, 0) is 30.7 Å². The summed E-state index contributed by atoms with van der Waals surface area (Å²) < 4.78 is 5.03. The van der Waals surface area contributed by atoms with E-state index in [1.54, 1.807) is 24.3 Å². The lowest BCUT2D eigenvalue weighted by molar-refractivity contribution is 0.565. The molecule has 2 heterocycles. The summed E-state index contributed by atoms with van der Waals surface area (Å²) in [7, 11) is 0. The molecule has 20 heavy (non-hydrogen) atoms. The van der Waals surface area contributed by atoms with Crippen LogP contribution in [0.2, 0.25) is 0 Å². The highest BCUT2D eigenvalue weighted by atomic mass is 32.2. The Bertz CT molecular complexity index is 678. The molecule has 0 spiro atoms. The van der Waals surface area contributed by atoms with E-state index in [0.717, 1.165) is 22.2 Å². The maximum absolute atomic E-state index is 5.03. The van der Waals surface area contributed by atoms with E-state index in [2.05, 4.69) is 39.6 Å². The zero-order chi connectivity index (χ0) is 13.8. The lowest BCUT2D eigenvalue weighted by Gasteiger charge is -2.01. The van der Waals surface area contributed by atoms with Crippen molar-refractivity contribution >= 4 is 23.4 Å². The second-order valence-corrected chi connectivity index (χ2v) is 5.34. The van der Waals surface area contributed by atoms with Crippen LogP contribution in [0.3, 0.4) is 0 Å². The summed E-state index contributed by atoms with van der Waals surface area (Å²) >= 11 is 1.58. The molecule has 0 radical (unpaired) electrons. The van der Waals surface area contributed by atoms with Crippen molar-refractivity contribution in [1.29, 1.82) is 0 Å². The maximum Gasteiger partial charge on any atom is 0.247 e. The Kier molecular flexibility index (Phi) is 3.73. The third kappa shape index (κ3) is 3.21. The number of H-pyrrole nitrogens is 1. The predicted molar refractivity (Wildman–Crippen MR) is 79.1 cm³/mol. The number of benzene rings is 1. The van der Waals surface area contributed by atoms with Gasteiger partial charge in [-0.2, -0.15) is 4.98 Å². The molecule has 5 nitrogen and oxygen atoms in total. The van der Waals surface area contributed by atoms with Crippen molar-refractivity contribution in [2.45, 2.75) is 17.8 Å². The molecular weight excluding hydrogens is 272 g/mol. The lowest BCUT2D eigenvalue weighted by atomic mass is 10.2. The molecule has 0 atom stereocenters. The van der Waals surface area contributed by atoms with Gasteiger partial charge in [0.25, 0.3) is 0 Å². The van der Waals surface area contributed by atoms with Gasteiger partial charge in [0.1, 0.15) is 0 Å². The molecule has 0 bridgehead atoms. The van der Waals surface area contributed by atoms with Gasteiger partial charge in [0, 0.05) is 17.0 Å². The normalized spacial score (nSPS) is 10.7. The molecule has 2 N–H and O–H groups in total. The van der Waals surface area contributed by atoms with Crippen LogP contribution in [0.5, 0.6) is 0 Å². The van der Waals surface area contributed by atoms with Crippen LogP contribution in [0.4, 0.5) is 11.6 Å². The van der Waals surface area contributed by atoms with Gasteiger partial charge in [0.2, 0.25) is 5.95 Å². The number of nitrogens with one attached hydrogen (secondary N) is 2. The number of hydrogen-bond acceptors (Lipinski definition) is 5. The van der Waals surface area contributed by atoms with Gasteiger partial charge in [0.05, 0.1) is 12.5 Å². The van der Waals surface area contributed by atoms with Gasteiger partial charge < -0.3 is 9.73 Å². The minimum atomic E-state index is 0.574. The monoisotopic (exact) mass is 286 g/mol. The molecule has 1 aromatic carbocycles. The molecule has 0 fully saturated rings. The number of anilines is 2. The van der Waals surface area contributed by atoms with Crippen LogP contribution in [0.15, 0.2) is 52.4 Å². The average Bonchev–Trinajstić information content (AvgIpc) is 3.07. The molecule has 0 unspecified atom stereocenters. The highest BCUT2D eigenvalue weighted by Gasteiger charge is 2.05. The molecule has 3 rings (SSSR count). The third-order valence-electron chi connectivity index (χ3n) is 2.69. The van der Waals surface area contributed by atoms with Crippen LogP contribution in [-0.4, -0.2) is 15.2 Å². The van der Waals surface area contributed by atoms with E-state index < -0.39 is 0 Å². The van der Waals surface area contributed by atoms with Crippen molar-refractivity contribution in [2.24, 2.45) is 0 Å². The summed E-state index contributed by atoms with van der Waals surface area (Å²) in [5.74, 6) is 1.38. The van der Waals surface area contributed by atoms with Gasteiger partial charge in [-0.15, -0.1) is 5.10 Å². The third-order valence-corrected chi connectivity index (χ3v) is 3.63. The number of aromatic nitrogens is 3. The Morgan fingerprint density at radius 3 is 3.10 bits per heavy atom. The van der Waals surface area contributed by atoms with Crippen molar-refractivity contribution in [1.82, 2.24) is 15.2 Å². The van der Waals surface area contributed by atoms with Crippen molar-refractivity contribution in [3.63, 3.8) is 0 Å². The number of furan rings is 1. The zero-order valence-corrected chi connectivity index (χ0v) is 11.8. The number of aromatic amines is 1. The molecule has 102 valence electrons. The SMILES string of the molecule is Cc1cccc(Nc2n[nH]c(SCc3ccoc3)n2)c1. The summed E-state index contributed by atoms with van der Waals surface area (Å²) in [5, 5.41) is 11.0. The van der Waals surface area contributed by atoms with Crippen molar-refractivity contribution in [3.05, 3.63) is 54.0 Å². The van der Waals surface area contributed by atoms with E-state index in [1.807, 2.05) is 18.2 Å². The molecule has 0 saturated carbocycles. The molecule has 0 aliphatic heterocycles. The summed E-state index contributed by atoms with van der Waals surface area (Å²) in [6.45, 7) is 2.05. The minimum Gasteiger partial charge on any atom is -0.472 e. The first-order valence-corrected chi connectivity index (χ1v) is 7.18. The highest BCUT2D eigenvalue weighted by Crippen LogP contribution is 2.21. The number of thioether (sulfide) groups is 1. The van der Waals surface area contributed by atoms with Gasteiger partial charge in [-0.3, -0.25) is 5.10 Å². The first-order chi connectivity index (χ1) is 9.79. The molecule has 6 heteroatoms. The average molecular weight is 286 g/mol. The number of nitrogens with zero attached hydrogens (tertiary/aromatic N) is 2. The van der Waals surface area contributed by atoms with E-state index in [9.17, 15) is 0 Å². The molecule has 0 amide bonds. The summed E-state index contributed by atoms with van der Waals surface area (Å²) in [4.78, 5) is 4.39. The summed E-state index contributed by atoms with van der Waals surface area (Å²) in [6.07, 6.45) is 3.40. The number of hydrogen-bond donors (Lipinski definition) is 2. The second kappa shape index (κ2) is 5.83. The van der Waals surface area contributed by atoms with Gasteiger partial charge in [0.15, 0.2) is 5.16 Å². The Hall–Kier alpha value is -2.21. The lowest BCUT2D eigenvalue weighted by Crippen LogP contribution is -1.92. The van der Waals surface area contributed by atoms with Crippen LogP contribution in [0.25, 0.3) is 0 Å².